The first-order valence-electron chi connectivity index (χ1n) is 9.47. The number of aliphatic hydroxyl groups is 1. The smallest absolute Gasteiger partial charge is 0.253 e. The van der Waals surface area contributed by atoms with Crippen molar-refractivity contribution in [2.45, 2.75) is 44.6 Å². The van der Waals surface area contributed by atoms with E-state index in [-0.39, 0.29) is 12.5 Å². The standard InChI is InChI=1S/C21H27ClN2O3/c1-3-27-11-8-16-12-17(19-18(22)7-5-10-24(16)19)20(25)23-14-21(26)9-4-6-15(2)13-21/h5,7,10,12,26H,2-4,6,8-9,11,13-14H2,1H3,(H,23,25)/t21-/m1/s1. The number of hydrogen-bond acceptors (Lipinski definition) is 3. The molecule has 0 saturated heterocycles. The number of pyridine rings is 1. The Hall–Kier alpha value is -1.82. The molecule has 0 unspecified atom stereocenters. The van der Waals surface area contributed by atoms with E-state index in [4.69, 9.17) is 16.3 Å². The van der Waals surface area contributed by atoms with E-state index in [0.717, 1.165) is 24.1 Å². The fourth-order valence-electron chi connectivity index (χ4n) is 3.77. The van der Waals surface area contributed by atoms with Crippen LogP contribution in [0.1, 0.15) is 48.7 Å². The summed E-state index contributed by atoms with van der Waals surface area (Å²) >= 11 is 6.38. The van der Waals surface area contributed by atoms with Crippen molar-refractivity contribution < 1.29 is 14.6 Å². The molecule has 0 aliphatic heterocycles. The Morgan fingerprint density at radius 2 is 2.33 bits per heavy atom. The Morgan fingerprint density at radius 1 is 1.52 bits per heavy atom. The fourth-order valence-corrected chi connectivity index (χ4v) is 4.04. The summed E-state index contributed by atoms with van der Waals surface area (Å²) in [5.74, 6) is -0.229. The zero-order chi connectivity index (χ0) is 19.4. The van der Waals surface area contributed by atoms with E-state index in [1.54, 1.807) is 6.07 Å². The quantitative estimate of drug-likeness (QED) is 0.559. The number of amides is 1. The molecule has 0 aromatic carbocycles. The number of carbonyl (C=O) groups excluding carboxylic acids is 1. The number of aromatic nitrogens is 1. The van der Waals surface area contributed by atoms with Crippen LogP contribution < -0.4 is 5.32 Å². The van der Waals surface area contributed by atoms with E-state index >= 15 is 0 Å². The van der Waals surface area contributed by atoms with Gasteiger partial charge in [-0.15, -0.1) is 0 Å². The van der Waals surface area contributed by atoms with Gasteiger partial charge in [0.2, 0.25) is 0 Å². The van der Waals surface area contributed by atoms with Crippen molar-refractivity contribution in [3.05, 3.63) is 52.8 Å². The van der Waals surface area contributed by atoms with E-state index in [1.165, 1.54) is 0 Å². The third-order valence-corrected chi connectivity index (χ3v) is 5.41. The Kier molecular flexibility index (Phi) is 6.25. The van der Waals surface area contributed by atoms with Gasteiger partial charge in [0.15, 0.2) is 0 Å². The number of ether oxygens (including phenoxy) is 1. The third-order valence-electron chi connectivity index (χ3n) is 5.10. The third kappa shape index (κ3) is 4.54. The maximum absolute atomic E-state index is 12.9. The number of fused-ring (bicyclic) bond motifs is 1. The Bertz CT molecular complexity index is 845. The first-order valence-corrected chi connectivity index (χ1v) is 9.85. The zero-order valence-corrected chi connectivity index (χ0v) is 16.5. The summed E-state index contributed by atoms with van der Waals surface area (Å²) in [7, 11) is 0. The minimum absolute atomic E-state index is 0.209. The van der Waals surface area contributed by atoms with E-state index < -0.39 is 5.60 Å². The van der Waals surface area contributed by atoms with Gasteiger partial charge in [-0.1, -0.05) is 23.8 Å². The van der Waals surface area contributed by atoms with Crippen LogP contribution in [0.2, 0.25) is 5.02 Å². The summed E-state index contributed by atoms with van der Waals surface area (Å²) in [6.07, 6.45) is 5.63. The highest BCUT2D eigenvalue weighted by Crippen LogP contribution is 2.31. The molecule has 1 atom stereocenters. The van der Waals surface area contributed by atoms with Crippen molar-refractivity contribution in [3.8, 4) is 0 Å². The average molecular weight is 391 g/mol. The molecule has 27 heavy (non-hydrogen) atoms. The van der Waals surface area contributed by atoms with E-state index in [9.17, 15) is 9.90 Å². The Labute approximate surface area is 165 Å². The fraction of sp³-hybridized carbons (Fsp3) is 0.476. The van der Waals surface area contributed by atoms with Crippen molar-refractivity contribution in [1.29, 1.82) is 0 Å². The number of halogens is 1. The molecule has 1 amide bonds. The highest BCUT2D eigenvalue weighted by molar-refractivity contribution is 6.34. The van der Waals surface area contributed by atoms with Crippen LogP contribution in [0.15, 0.2) is 36.5 Å². The van der Waals surface area contributed by atoms with E-state index in [2.05, 4.69) is 11.9 Å². The summed E-state index contributed by atoms with van der Waals surface area (Å²) in [6, 6.07) is 5.50. The maximum Gasteiger partial charge on any atom is 0.253 e. The predicted molar refractivity (Wildman–Crippen MR) is 107 cm³/mol. The maximum atomic E-state index is 12.9. The van der Waals surface area contributed by atoms with Gasteiger partial charge in [0.1, 0.15) is 0 Å². The number of nitrogens with zero attached hydrogens (tertiary/aromatic N) is 1. The summed E-state index contributed by atoms with van der Waals surface area (Å²) < 4.78 is 7.39. The lowest BCUT2D eigenvalue weighted by molar-refractivity contribution is 0.0199. The summed E-state index contributed by atoms with van der Waals surface area (Å²) in [4.78, 5) is 12.9. The highest BCUT2D eigenvalue weighted by atomic mass is 35.5. The van der Waals surface area contributed by atoms with Crippen LogP contribution in [-0.4, -0.2) is 40.8 Å². The molecule has 2 heterocycles. The molecule has 0 radical (unpaired) electrons. The van der Waals surface area contributed by atoms with Gasteiger partial charge in [-0.05, 0) is 50.8 Å². The van der Waals surface area contributed by atoms with Crippen molar-refractivity contribution in [1.82, 2.24) is 9.72 Å². The van der Waals surface area contributed by atoms with Crippen LogP contribution in [0.4, 0.5) is 0 Å². The second-order valence-electron chi connectivity index (χ2n) is 7.26. The second kappa shape index (κ2) is 8.46. The number of hydrogen-bond donors (Lipinski definition) is 2. The second-order valence-corrected chi connectivity index (χ2v) is 7.67. The summed E-state index contributed by atoms with van der Waals surface area (Å²) in [5.41, 5.74) is 2.29. The minimum Gasteiger partial charge on any atom is -0.388 e. The van der Waals surface area contributed by atoms with Crippen LogP contribution in [0.3, 0.4) is 0 Å². The number of rotatable bonds is 7. The summed E-state index contributed by atoms with van der Waals surface area (Å²) in [6.45, 7) is 7.38. The van der Waals surface area contributed by atoms with Gasteiger partial charge in [-0.25, -0.2) is 0 Å². The van der Waals surface area contributed by atoms with Crippen LogP contribution in [-0.2, 0) is 11.2 Å². The van der Waals surface area contributed by atoms with Gasteiger partial charge < -0.3 is 19.6 Å². The van der Waals surface area contributed by atoms with Crippen molar-refractivity contribution in [2.24, 2.45) is 0 Å². The molecule has 2 N–H and O–H groups in total. The van der Waals surface area contributed by atoms with E-state index in [0.29, 0.717) is 48.6 Å². The largest absolute Gasteiger partial charge is 0.388 e. The van der Waals surface area contributed by atoms with Gasteiger partial charge >= 0.3 is 0 Å². The predicted octanol–water partition coefficient (Wildman–Crippen LogP) is 3.76. The minimum atomic E-state index is -0.915. The normalized spacial score (nSPS) is 20.2. The monoisotopic (exact) mass is 390 g/mol. The van der Waals surface area contributed by atoms with Crippen LogP contribution >= 0.6 is 11.6 Å². The Morgan fingerprint density at radius 3 is 3.07 bits per heavy atom. The molecule has 3 rings (SSSR count). The van der Waals surface area contributed by atoms with Crippen LogP contribution in [0.25, 0.3) is 5.52 Å². The topological polar surface area (TPSA) is 63.0 Å². The molecule has 2 aromatic heterocycles. The SMILES string of the molecule is C=C1CCC[C@](O)(CNC(=O)c2cc(CCOCC)n3cccc(Cl)c23)C1. The lowest BCUT2D eigenvalue weighted by Crippen LogP contribution is -2.44. The molecule has 0 bridgehead atoms. The molecular formula is C21H27ClN2O3. The van der Waals surface area contributed by atoms with Crippen LogP contribution in [0, 0.1) is 0 Å². The first-order chi connectivity index (χ1) is 12.9. The molecule has 1 aliphatic rings. The number of carbonyl (C=O) groups is 1. The van der Waals surface area contributed by atoms with Crippen molar-refractivity contribution in [2.75, 3.05) is 19.8 Å². The summed E-state index contributed by atoms with van der Waals surface area (Å²) in [5, 5.41) is 14.2. The van der Waals surface area contributed by atoms with Gasteiger partial charge in [-0.3, -0.25) is 4.79 Å². The lowest BCUT2D eigenvalue weighted by atomic mass is 9.82. The van der Waals surface area contributed by atoms with Gasteiger partial charge in [0.05, 0.1) is 28.3 Å². The molecule has 2 aromatic rings. The highest BCUT2D eigenvalue weighted by Gasteiger charge is 2.31. The first kappa shape index (κ1) is 19.9. The molecular weight excluding hydrogens is 364 g/mol. The molecule has 1 saturated carbocycles. The molecule has 5 nitrogen and oxygen atoms in total. The molecule has 6 heteroatoms. The van der Waals surface area contributed by atoms with Gasteiger partial charge in [0.25, 0.3) is 5.91 Å². The lowest BCUT2D eigenvalue weighted by Gasteiger charge is -2.33. The number of nitrogens with one attached hydrogen (secondary N) is 1. The van der Waals surface area contributed by atoms with Gasteiger partial charge in [-0.2, -0.15) is 0 Å². The van der Waals surface area contributed by atoms with Gasteiger partial charge in [0, 0.05) is 31.5 Å². The molecule has 1 aliphatic carbocycles. The zero-order valence-electron chi connectivity index (χ0n) is 15.8. The molecule has 1 fully saturated rings. The molecule has 0 spiro atoms. The Balaban J connectivity index is 1.80. The van der Waals surface area contributed by atoms with Crippen LogP contribution in [0.5, 0.6) is 0 Å². The van der Waals surface area contributed by atoms with E-state index in [1.807, 2.05) is 29.7 Å². The molecule has 146 valence electrons. The average Bonchev–Trinajstić information content (AvgIpc) is 3.00. The van der Waals surface area contributed by atoms with Crippen molar-refractivity contribution in [3.63, 3.8) is 0 Å². The van der Waals surface area contributed by atoms with Crippen molar-refractivity contribution >= 4 is 23.0 Å².